The van der Waals surface area contributed by atoms with E-state index in [1.165, 1.54) is 12.1 Å². The monoisotopic (exact) mass is 305 g/mol. The van der Waals surface area contributed by atoms with E-state index in [-0.39, 0.29) is 17.9 Å². The van der Waals surface area contributed by atoms with E-state index in [2.05, 4.69) is 10.1 Å². The van der Waals surface area contributed by atoms with Crippen LogP contribution in [-0.4, -0.2) is 26.1 Å². The molecule has 0 heterocycles. The SMILES string of the molecule is CCCC(OCC)C(NC)c1ccccc1OC(F)(F)F. The van der Waals surface area contributed by atoms with Crippen molar-refractivity contribution in [3.8, 4) is 5.75 Å². The third-order valence-electron chi connectivity index (χ3n) is 3.12. The predicted molar refractivity (Wildman–Crippen MR) is 75.2 cm³/mol. The van der Waals surface area contributed by atoms with Crippen LogP contribution < -0.4 is 10.1 Å². The molecule has 0 saturated heterocycles. The minimum Gasteiger partial charge on any atom is -0.405 e. The smallest absolute Gasteiger partial charge is 0.405 e. The number of ether oxygens (including phenoxy) is 2. The minimum absolute atomic E-state index is 0.190. The van der Waals surface area contributed by atoms with Crippen molar-refractivity contribution >= 4 is 0 Å². The molecule has 0 amide bonds. The molecule has 1 aromatic carbocycles. The van der Waals surface area contributed by atoms with Crippen LogP contribution in [0, 0.1) is 0 Å². The highest BCUT2D eigenvalue weighted by atomic mass is 19.4. The Morgan fingerprint density at radius 2 is 1.86 bits per heavy atom. The number of likely N-dealkylation sites (N-methyl/N-ethyl adjacent to an activating group) is 1. The maximum atomic E-state index is 12.5. The molecule has 0 radical (unpaired) electrons. The molecule has 0 fully saturated rings. The van der Waals surface area contributed by atoms with Crippen molar-refractivity contribution in [3.05, 3.63) is 29.8 Å². The van der Waals surface area contributed by atoms with Crippen molar-refractivity contribution in [1.29, 1.82) is 0 Å². The average Bonchev–Trinajstić information content (AvgIpc) is 2.40. The Labute approximate surface area is 123 Å². The molecule has 6 heteroatoms. The Bertz CT molecular complexity index is 418. The van der Waals surface area contributed by atoms with Gasteiger partial charge in [-0.25, -0.2) is 0 Å². The van der Waals surface area contributed by atoms with E-state index in [1.807, 2.05) is 13.8 Å². The minimum atomic E-state index is -4.71. The van der Waals surface area contributed by atoms with Gasteiger partial charge in [-0.15, -0.1) is 13.2 Å². The van der Waals surface area contributed by atoms with Gasteiger partial charge < -0.3 is 14.8 Å². The van der Waals surface area contributed by atoms with Crippen molar-refractivity contribution in [2.45, 2.75) is 45.2 Å². The summed E-state index contributed by atoms with van der Waals surface area (Å²) in [6.07, 6.45) is -3.28. The van der Waals surface area contributed by atoms with Crippen LogP contribution in [0.4, 0.5) is 13.2 Å². The van der Waals surface area contributed by atoms with Gasteiger partial charge in [0, 0.05) is 12.2 Å². The zero-order valence-electron chi connectivity index (χ0n) is 12.5. The number of hydrogen-bond acceptors (Lipinski definition) is 3. The second-order valence-electron chi connectivity index (χ2n) is 4.63. The molecule has 0 aliphatic rings. The van der Waals surface area contributed by atoms with Crippen molar-refractivity contribution in [2.24, 2.45) is 0 Å². The van der Waals surface area contributed by atoms with Crippen molar-refractivity contribution in [2.75, 3.05) is 13.7 Å². The second-order valence-corrected chi connectivity index (χ2v) is 4.63. The quantitative estimate of drug-likeness (QED) is 0.786. The summed E-state index contributed by atoms with van der Waals surface area (Å²) in [5, 5.41) is 3.04. The summed E-state index contributed by atoms with van der Waals surface area (Å²) in [5.41, 5.74) is 0.448. The van der Waals surface area contributed by atoms with Crippen LogP contribution in [0.15, 0.2) is 24.3 Å². The predicted octanol–water partition coefficient (Wildman–Crippen LogP) is 4.05. The number of nitrogens with one attached hydrogen (secondary N) is 1. The van der Waals surface area contributed by atoms with Gasteiger partial charge in [0.25, 0.3) is 0 Å². The lowest BCUT2D eigenvalue weighted by Crippen LogP contribution is -2.32. The van der Waals surface area contributed by atoms with Gasteiger partial charge in [0.15, 0.2) is 0 Å². The lowest BCUT2D eigenvalue weighted by Gasteiger charge is -2.28. The van der Waals surface area contributed by atoms with Crippen molar-refractivity contribution < 1.29 is 22.6 Å². The summed E-state index contributed by atoms with van der Waals surface area (Å²) in [4.78, 5) is 0. The summed E-state index contributed by atoms with van der Waals surface area (Å²) in [5.74, 6) is -0.190. The topological polar surface area (TPSA) is 30.5 Å². The van der Waals surface area contributed by atoms with E-state index in [9.17, 15) is 13.2 Å². The molecule has 1 rings (SSSR count). The van der Waals surface area contributed by atoms with Crippen LogP contribution in [0.5, 0.6) is 5.75 Å². The van der Waals surface area contributed by atoms with Gasteiger partial charge in [0.05, 0.1) is 12.1 Å². The Morgan fingerprint density at radius 1 is 1.19 bits per heavy atom. The summed E-state index contributed by atoms with van der Waals surface area (Å²) in [7, 11) is 1.71. The highest BCUT2D eigenvalue weighted by Crippen LogP contribution is 2.33. The number of benzene rings is 1. The summed E-state index contributed by atoms with van der Waals surface area (Å²) >= 11 is 0. The molecule has 0 aliphatic carbocycles. The Kier molecular flexibility index (Phi) is 6.98. The lowest BCUT2D eigenvalue weighted by molar-refractivity contribution is -0.275. The molecular weight excluding hydrogens is 283 g/mol. The summed E-state index contributed by atoms with van der Waals surface area (Å²) in [6.45, 7) is 4.38. The second kappa shape index (κ2) is 8.24. The third-order valence-corrected chi connectivity index (χ3v) is 3.12. The lowest BCUT2D eigenvalue weighted by atomic mass is 9.97. The van der Waals surface area contributed by atoms with Crippen LogP contribution in [0.3, 0.4) is 0 Å². The number of halogens is 3. The van der Waals surface area contributed by atoms with Crippen LogP contribution >= 0.6 is 0 Å². The molecule has 120 valence electrons. The van der Waals surface area contributed by atoms with Crippen LogP contribution in [0.1, 0.15) is 38.3 Å². The maximum Gasteiger partial charge on any atom is 0.573 e. The highest BCUT2D eigenvalue weighted by Gasteiger charge is 2.34. The first-order valence-electron chi connectivity index (χ1n) is 7.06. The van der Waals surface area contributed by atoms with Gasteiger partial charge in [-0.3, -0.25) is 0 Å². The largest absolute Gasteiger partial charge is 0.573 e. The summed E-state index contributed by atoms with van der Waals surface area (Å²) in [6, 6.07) is 5.81. The Morgan fingerprint density at radius 3 is 2.38 bits per heavy atom. The van der Waals surface area contributed by atoms with E-state index >= 15 is 0 Å². The molecule has 2 atom stereocenters. The normalized spacial score (nSPS) is 14.8. The van der Waals surface area contributed by atoms with Crippen molar-refractivity contribution in [1.82, 2.24) is 5.32 Å². The van der Waals surface area contributed by atoms with E-state index < -0.39 is 6.36 Å². The van der Waals surface area contributed by atoms with E-state index in [4.69, 9.17) is 4.74 Å². The Hall–Kier alpha value is -1.27. The number of rotatable bonds is 8. The van der Waals surface area contributed by atoms with Crippen LogP contribution in [-0.2, 0) is 4.74 Å². The van der Waals surface area contributed by atoms with E-state index in [0.717, 1.165) is 12.8 Å². The number of alkyl halides is 3. The molecule has 0 aliphatic heterocycles. The van der Waals surface area contributed by atoms with Crippen molar-refractivity contribution in [3.63, 3.8) is 0 Å². The number of para-hydroxylation sites is 1. The van der Waals surface area contributed by atoms with Gasteiger partial charge in [0.1, 0.15) is 5.75 Å². The highest BCUT2D eigenvalue weighted by molar-refractivity contribution is 5.36. The van der Waals surface area contributed by atoms with Gasteiger partial charge in [-0.05, 0) is 26.5 Å². The molecule has 0 saturated carbocycles. The molecule has 21 heavy (non-hydrogen) atoms. The molecular formula is C15H22F3NO2. The van der Waals surface area contributed by atoms with Gasteiger partial charge in [0.2, 0.25) is 0 Å². The van der Waals surface area contributed by atoms with Crippen LogP contribution in [0.25, 0.3) is 0 Å². The molecule has 3 nitrogen and oxygen atoms in total. The first-order valence-corrected chi connectivity index (χ1v) is 7.06. The Balaban J connectivity index is 3.08. The van der Waals surface area contributed by atoms with Gasteiger partial charge >= 0.3 is 6.36 Å². The molecule has 1 N–H and O–H groups in total. The van der Waals surface area contributed by atoms with Gasteiger partial charge in [-0.2, -0.15) is 0 Å². The molecule has 0 aromatic heterocycles. The molecule has 0 spiro atoms. The van der Waals surface area contributed by atoms with E-state index in [1.54, 1.807) is 19.2 Å². The first kappa shape index (κ1) is 17.8. The average molecular weight is 305 g/mol. The number of hydrogen-bond donors (Lipinski definition) is 1. The van der Waals surface area contributed by atoms with E-state index in [0.29, 0.717) is 12.2 Å². The van der Waals surface area contributed by atoms with Crippen LogP contribution in [0.2, 0.25) is 0 Å². The standard InChI is InChI=1S/C15H22F3NO2/c1-4-8-13(20-5-2)14(19-3)11-9-6-7-10-12(11)21-15(16,17)18/h6-7,9-10,13-14,19H,4-5,8H2,1-3H3. The fourth-order valence-electron chi connectivity index (χ4n) is 2.34. The third kappa shape index (κ3) is 5.55. The fourth-order valence-corrected chi connectivity index (χ4v) is 2.34. The maximum absolute atomic E-state index is 12.5. The first-order chi connectivity index (χ1) is 9.92. The molecule has 1 aromatic rings. The summed E-state index contributed by atoms with van der Waals surface area (Å²) < 4.78 is 47.3. The molecule has 2 unspecified atom stereocenters. The zero-order chi connectivity index (χ0) is 15.9. The molecule has 0 bridgehead atoms. The zero-order valence-corrected chi connectivity index (χ0v) is 12.5. The van der Waals surface area contributed by atoms with Gasteiger partial charge in [-0.1, -0.05) is 31.5 Å². The fraction of sp³-hybridized carbons (Fsp3) is 0.600.